The Balaban J connectivity index is 2.30. The molecule has 6 nitrogen and oxygen atoms in total. The molecule has 0 spiro atoms. The van der Waals surface area contributed by atoms with Crippen LogP contribution in [-0.4, -0.2) is 44.1 Å². The van der Waals surface area contributed by atoms with Crippen molar-refractivity contribution in [2.24, 2.45) is 5.92 Å². The number of ether oxygens (including phenoxy) is 2. The van der Waals surface area contributed by atoms with Crippen molar-refractivity contribution in [2.75, 3.05) is 13.7 Å². The molecular weight excluding hydrogens is 440 g/mol. The van der Waals surface area contributed by atoms with Gasteiger partial charge in [0.15, 0.2) is 9.84 Å². The van der Waals surface area contributed by atoms with Gasteiger partial charge in [-0.2, -0.15) is 0 Å². The average Bonchev–Trinajstić information content (AvgIpc) is 2.77. The van der Waals surface area contributed by atoms with E-state index >= 15 is 0 Å². The van der Waals surface area contributed by atoms with Crippen LogP contribution in [0.25, 0.3) is 0 Å². The second-order valence-corrected chi connectivity index (χ2v) is 11.3. The Kier molecular flexibility index (Phi) is 9.92. The third kappa shape index (κ3) is 8.16. The molecule has 33 heavy (non-hydrogen) atoms. The zero-order chi connectivity index (χ0) is 24.5. The average molecular weight is 477 g/mol. The molecule has 0 aliphatic rings. The topological polar surface area (TPSA) is 89.9 Å². The number of methoxy groups -OCH3 is 1. The SMILES string of the molecule is COc1ccc(S(=O)(=O)[C@H](CCCCc2ccccc2)[C@H](CCO)C(=O)OC(C)(C)C)cc1. The maximum Gasteiger partial charge on any atom is 0.310 e. The molecule has 0 heterocycles. The Morgan fingerprint density at radius 2 is 1.61 bits per heavy atom. The van der Waals surface area contributed by atoms with Gasteiger partial charge < -0.3 is 14.6 Å². The van der Waals surface area contributed by atoms with Crippen LogP contribution in [0.2, 0.25) is 0 Å². The molecule has 182 valence electrons. The minimum Gasteiger partial charge on any atom is -0.497 e. The van der Waals surface area contributed by atoms with Gasteiger partial charge in [0.1, 0.15) is 11.4 Å². The summed E-state index contributed by atoms with van der Waals surface area (Å²) >= 11 is 0. The largest absolute Gasteiger partial charge is 0.497 e. The lowest BCUT2D eigenvalue weighted by Crippen LogP contribution is -2.39. The molecule has 0 aliphatic heterocycles. The van der Waals surface area contributed by atoms with Crippen LogP contribution < -0.4 is 4.74 Å². The van der Waals surface area contributed by atoms with Crippen molar-refractivity contribution in [3.8, 4) is 5.75 Å². The second-order valence-electron chi connectivity index (χ2n) is 9.14. The second kappa shape index (κ2) is 12.2. The summed E-state index contributed by atoms with van der Waals surface area (Å²) in [6.45, 7) is 4.93. The molecule has 0 saturated carbocycles. The minimum absolute atomic E-state index is 0.0215. The van der Waals surface area contributed by atoms with E-state index in [1.54, 1.807) is 32.9 Å². The van der Waals surface area contributed by atoms with Crippen molar-refractivity contribution < 1.29 is 27.8 Å². The standard InChI is InChI=1S/C26H36O6S/c1-26(2,3)32-25(28)23(18-19-27)24(13-9-8-12-20-10-6-5-7-11-20)33(29,30)22-16-14-21(31-4)15-17-22/h5-7,10-11,14-17,23-24,27H,8-9,12-13,18-19H2,1-4H3/t23-,24+/m0/s1. The van der Waals surface area contributed by atoms with Crippen molar-refractivity contribution in [3.63, 3.8) is 0 Å². The third-order valence-corrected chi connectivity index (χ3v) is 7.72. The van der Waals surface area contributed by atoms with Crippen LogP contribution in [-0.2, 0) is 25.8 Å². The van der Waals surface area contributed by atoms with Crippen molar-refractivity contribution in [1.29, 1.82) is 0 Å². The number of unbranched alkanes of at least 4 members (excludes halogenated alkanes) is 1. The summed E-state index contributed by atoms with van der Waals surface area (Å²) in [6.07, 6.45) is 2.56. The number of carbonyl (C=O) groups excluding carboxylic acids is 1. The van der Waals surface area contributed by atoms with Crippen LogP contribution in [0.1, 0.15) is 52.0 Å². The van der Waals surface area contributed by atoms with Crippen LogP contribution in [0.3, 0.4) is 0 Å². The van der Waals surface area contributed by atoms with Crippen LogP contribution in [0.4, 0.5) is 0 Å². The molecule has 2 atom stereocenters. The fraction of sp³-hybridized carbons (Fsp3) is 0.500. The van der Waals surface area contributed by atoms with Gasteiger partial charge >= 0.3 is 5.97 Å². The highest BCUT2D eigenvalue weighted by atomic mass is 32.2. The minimum atomic E-state index is -3.86. The fourth-order valence-electron chi connectivity index (χ4n) is 3.80. The molecule has 0 unspecified atom stereocenters. The van der Waals surface area contributed by atoms with Crippen LogP contribution >= 0.6 is 0 Å². The monoisotopic (exact) mass is 476 g/mol. The highest BCUT2D eigenvalue weighted by molar-refractivity contribution is 7.92. The van der Waals surface area contributed by atoms with Crippen LogP contribution in [0.5, 0.6) is 5.75 Å². The summed E-state index contributed by atoms with van der Waals surface area (Å²) in [7, 11) is -2.35. The molecule has 2 aromatic rings. The molecule has 0 aliphatic carbocycles. The Bertz CT molecular complexity index is 962. The lowest BCUT2D eigenvalue weighted by molar-refractivity contribution is -0.160. The normalized spacial score (nSPS) is 13.8. The maximum absolute atomic E-state index is 13.7. The Hall–Kier alpha value is -2.38. The Labute approximate surface area is 197 Å². The smallest absolute Gasteiger partial charge is 0.310 e. The van der Waals surface area contributed by atoms with Gasteiger partial charge in [-0.15, -0.1) is 0 Å². The predicted molar refractivity (Wildman–Crippen MR) is 129 cm³/mol. The number of esters is 1. The van der Waals surface area contributed by atoms with Crippen molar-refractivity contribution in [3.05, 3.63) is 60.2 Å². The Morgan fingerprint density at radius 3 is 2.15 bits per heavy atom. The molecule has 0 aromatic heterocycles. The van der Waals surface area contributed by atoms with Crippen molar-refractivity contribution in [2.45, 2.75) is 68.6 Å². The molecule has 1 N–H and O–H groups in total. The molecule has 2 aromatic carbocycles. The van der Waals surface area contributed by atoms with Crippen molar-refractivity contribution in [1.82, 2.24) is 0 Å². The summed E-state index contributed by atoms with van der Waals surface area (Å²) in [5.74, 6) is -1.01. The number of aliphatic hydroxyl groups is 1. The van der Waals surface area contributed by atoms with E-state index in [-0.39, 0.29) is 17.9 Å². The summed E-state index contributed by atoms with van der Waals surface area (Å²) < 4.78 is 38.0. The quantitative estimate of drug-likeness (QED) is 0.356. The van der Waals surface area contributed by atoms with E-state index in [1.807, 2.05) is 30.3 Å². The number of aryl methyl sites for hydroxylation is 1. The first-order valence-electron chi connectivity index (χ1n) is 11.3. The number of hydrogen-bond acceptors (Lipinski definition) is 6. The molecular formula is C26H36O6S. The number of benzene rings is 2. The first-order chi connectivity index (χ1) is 15.6. The summed E-state index contributed by atoms with van der Waals surface area (Å²) in [5, 5.41) is 8.64. The van der Waals surface area contributed by atoms with E-state index in [0.29, 0.717) is 18.6 Å². The first-order valence-corrected chi connectivity index (χ1v) is 12.9. The molecule has 7 heteroatoms. The number of rotatable bonds is 12. The van der Waals surface area contributed by atoms with E-state index in [9.17, 15) is 18.3 Å². The van der Waals surface area contributed by atoms with Gasteiger partial charge in [0.2, 0.25) is 0 Å². The molecule has 0 radical (unpaired) electrons. The number of sulfone groups is 1. The molecule has 2 rings (SSSR count). The van der Waals surface area contributed by atoms with Crippen molar-refractivity contribution >= 4 is 15.8 Å². The van der Waals surface area contributed by atoms with E-state index in [0.717, 1.165) is 12.8 Å². The highest BCUT2D eigenvalue weighted by Crippen LogP contribution is 2.31. The van der Waals surface area contributed by atoms with E-state index < -0.39 is 32.6 Å². The lowest BCUT2D eigenvalue weighted by atomic mass is 9.96. The van der Waals surface area contributed by atoms with E-state index in [2.05, 4.69) is 0 Å². The van der Waals surface area contributed by atoms with E-state index in [4.69, 9.17) is 9.47 Å². The zero-order valence-corrected chi connectivity index (χ0v) is 20.8. The summed E-state index contributed by atoms with van der Waals surface area (Å²) in [5.41, 5.74) is 0.429. The highest BCUT2D eigenvalue weighted by Gasteiger charge is 2.40. The lowest BCUT2D eigenvalue weighted by Gasteiger charge is -2.29. The molecule has 0 saturated heterocycles. The zero-order valence-electron chi connectivity index (χ0n) is 20.0. The van der Waals surface area contributed by atoms with Crippen LogP contribution in [0, 0.1) is 5.92 Å². The number of aliphatic hydroxyl groups excluding tert-OH is 1. The third-order valence-electron chi connectivity index (χ3n) is 5.43. The maximum atomic E-state index is 13.7. The number of carbonyl (C=O) groups is 1. The fourth-order valence-corrected chi connectivity index (χ4v) is 5.83. The van der Waals surface area contributed by atoms with Crippen LogP contribution in [0.15, 0.2) is 59.5 Å². The van der Waals surface area contributed by atoms with Gasteiger partial charge in [0.05, 0.1) is 23.2 Å². The predicted octanol–water partition coefficient (Wildman–Crippen LogP) is 4.59. The van der Waals surface area contributed by atoms with Gasteiger partial charge in [0, 0.05) is 6.61 Å². The van der Waals surface area contributed by atoms with Gasteiger partial charge in [-0.3, -0.25) is 4.79 Å². The summed E-state index contributed by atoms with van der Waals surface area (Å²) in [4.78, 5) is 13.1. The number of hydrogen-bond donors (Lipinski definition) is 1. The van der Waals surface area contributed by atoms with Gasteiger partial charge in [-0.1, -0.05) is 36.8 Å². The molecule has 0 bridgehead atoms. The molecule has 0 amide bonds. The van der Waals surface area contributed by atoms with Gasteiger partial charge in [-0.05, 0) is 76.3 Å². The van der Waals surface area contributed by atoms with Gasteiger partial charge in [0.25, 0.3) is 0 Å². The molecule has 0 fully saturated rings. The Morgan fingerprint density at radius 1 is 0.970 bits per heavy atom. The summed E-state index contributed by atoms with van der Waals surface area (Å²) in [6, 6.07) is 16.2. The van der Waals surface area contributed by atoms with E-state index in [1.165, 1.54) is 24.8 Å². The van der Waals surface area contributed by atoms with Gasteiger partial charge in [-0.25, -0.2) is 8.42 Å². The first kappa shape index (κ1) is 26.9.